The molecule has 0 aromatic heterocycles. The molecule has 0 bridgehead atoms. The Morgan fingerprint density at radius 3 is 2.60 bits per heavy atom. The van der Waals surface area contributed by atoms with E-state index < -0.39 is 20.6 Å². The Kier molecular flexibility index (Phi) is 5.45. The van der Waals surface area contributed by atoms with Gasteiger partial charge in [0.1, 0.15) is 4.90 Å². The minimum Gasteiger partial charge on any atom is -0.489 e. The van der Waals surface area contributed by atoms with Crippen molar-refractivity contribution in [2.45, 2.75) is 11.8 Å². The van der Waals surface area contributed by atoms with Crippen LogP contribution < -0.4 is 15.2 Å². The summed E-state index contributed by atoms with van der Waals surface area (Å²) in [6.07, 6.45) is 0. The minimum absolute atomic E-state index is 0.0186. The van der Waals surface area contributed by atoms with Gasteiger partial charge < -0.3 is 10.5 Å². The van der Waals surface area contributed by atoms with E-state index in [2.05, 4.69) is 20.7 Å². The maximum Gasteiger partial charge on any atom is 0.316 e. The minimum atomic E-state index is -3.95. The zero-order valence-electron chi connectivity index (χ0n) is 10.8. The van der Waals surface area contributed by atoms with Crippen LogP contribution in [0.2, 0.25) is 0 Å². The lowest BCUT2D eigenvalue weighted by Crippen LogP contribution is -2.29. The molecule has 1 aromatic carbocycles. The highest BCUT2D eigenvalue weighted by Crippen LogP contribution is 2.40. The maximum absolute atomic E-state index is 12.1. The van der Waals surface area contributed by atoms with E-state index in [4.69, 9.17) is 10.5 Å². The zero-order chi connectivity index (χ0) is 15.5. The van der Waals surface area contributed by atoms with Gasteiger partial charge in [0.05, 0.1) is 12.0 Å². The number of ether oxygens (including phenoxy) is 1. The second-order valence-corrected chi connectivity index (χ2v) is 6.40. The Labute approximate surface area is 124 Å². The van der Waals surface area contributed by atoms with Crippen LogP contribution in [0, 0.1) is 17.0 Å². The first-order valence-electron chi connectivity index (χ1n) is 5.47. The Bertz CT molecular complexity index is 632. The predicted octanol–water partition coefficient (Wildman–Crippen LogP) is 0.911. The van der Waals surface area contributed by atoms with Crippen LogP contribution in [0.5, 0.6) is 5.75 Å². The predicted molar refractivity (Wildman–Crippen MR) is 76.3 cm³/mol. The third kappa shape index (κ3) is 3.26. The Hall–Kier alpha value is -1.23. The number of nitrogens with two attached hydrogens (primary N) is 1. The molecule has 0 aliphatic heterocycles. The van der Waals surface area contributed by atoms with Crippen molar-refractivity contribution in [2.75, 3.05) is 20.2 Å². The van der Waals surface area contributed by atoms with Crippen LogP contribution in [0.4, 0.5) is 5.69 Å². The van der Waals surface area contributed by atoms with Crippen molar-refractivity contribution in [1.82, 2.24) is 4.72 Å². The van der Waals surface area contributed by atoms with Gasteiger partial charge in [-0.05, 0) is 13.0 Å². The van der Waals surface area contributed by atoms with E-state index in [1.165, 1.54) is 20.1 Å². The fraction of sp³-hybridized carbons (Fsp3) is 0.400. The second kappa shape index (κ2) is 6.48. The summed E-state index contributed by atoms with van der Waals surface area (Å²) >= 11 is 3.11. The standard InChI is InChI=1S/C10H14BrN3O5S/c1-6-7(11)5-8(20(17,18)13-4-3-12)10(19-2)9(6)14(15)16/h5,13H,3-4,12H2,1-2H3. The Morgan fingerprint density at radius 1 is 1.55 bits per heavy atom. The summed E-state index contributed by atoms with van der Waals surface area (Å²) in [5.74, 6) is -0.305. The van der Waals surface area contributed by atoms with Gasteiger partial charge in [0.15, 0.2) is 0 Å². The summed E-state index contributed by atoms with van der Waals surface area (Å²) in [6, 6.07) is 1.26. The van der Waals surface area contributed by atoms with Crippen molar-refractivity contribution < 1.29 is 18.1 Å². The van der Waals surface area contributed by atoms with Crippen molar-refractivity contribution in [2.24, 2.45) is 5.73 Å². The van der Waals surface area contributed by atoms with E-state index in [9.17, 15) is 18.5 Å². The molecule has 0 fully saturated rings. The molecule has 0 aliphatic rings. The molecule has 0 saturated carbocycles. The summed E-state index contributed by atoms with van der Waals surface area (Å²) < 4.78 is 31.7. The van der Waals surface area contributed by atoms with Gasteiger partial charge in [-0.3, -0.25) is 10.1 Å². The molecular weight excluding hydrogens is 354 g/mol. The van der Waals surface area contributed by atoms with Crippen molar-refractivity contribution in [3.63, 3.8) is 0 Å². The van der Waals surface area contributed by atoms with Gasteiger partial charge in [-0.25, -0.2) is 13.1 Å². The van der Waals surface area contributed by atoms with Crippen molar-refractivity contribution >= 4 is 31.6 Å². The number of methoxy groups -OCH3 is 1. The SMILES string of the molecule is COc1c(S(=O)(=O)NCCN)cc(Br)c(C)c1[N+](=O)[O-]. The van der Waals surface area contributed by atoms with Crippen molar-refractivity contribution in [3.05, 3.63) is 26.2 Å². The lowest BCUT2D eigenvalue weighted by molar-refractivity contribution is -0.386. The first-order chi connectivity index (χ1) is 9.26. The monoisotopic (exact) mass is 367 g/mol. The molecule has 1 aromatic rings. The number of nitro groups is 1. The fourth-order valence-electron chi connectivity index (χ4n) is 1.58. The van der Waals surface area contributed by atoms with Crippen molar-refractivity contribution in [3.8, 4) is 5.75 Å². The Balaban J connectivity index is 3.60. The molecule has 112 valence electrons. The van der Waals surface area contributed by atoms with E-state index in [1.807, 2.05) is 0 Å². The van der Waals surface area contributed by atoms with Crippen LogP contribution in [-0.4, -0.2) is 33.5 Å². The number of nitro benzene ring substituents is 1. The van der Waals surface area contributed by atoms with E-state index >= 15 is 0 Å². The topological polar surface area (TPSA) is 125 Å². The lowest BCUT2D eigenvalue weighted by Gasteiger charge is -2.13. The summed E-state index contributed by atoms with van der Waals surface area (Å²) in [7, 11) is -2.77. The maximum atomic E-state index is 12.1. The van der Waals surface area contributed by atoms with Gasteiger partial charge in [0.25, 0.3) is 0 Å². The molecule has 0 spiro atoms. The molecule has 0 unspecified atom stereocenters. The molecule has 1 rings (SSSR count). The van der Waals surface area contributed by atoms with Gasteiger partial charge >= 0.3 is 5.69 Å². The normalized spacial score (nSPS) is 11.4. The van der Waals surface area contributed by atoms with Crippen LogP contribution in [0.3, 0.4) is 0 Å². The molecule has 0 saturated heterocycles. The fourth-order valence-corrected chi connectivity index (χ4v) is 3.38. The number of nitrogens with one attached hydrogen (secondary N) is 1. The number of hydrogen-bond acceptors (Lipinski definition) is 6. The molecule has 0 heterocycles. The third-order valence-corrected chi connectivity index (χ3v) is 4.81. The van der Waals surface area contributed by atoms with E-state index in [0.29, 0.717) is 4.47 Å². The molecule has 0 atom stereocenters. The van der Waals surface area contributed by atoms with Crippen LogP contribution in [0.1, 0.15) is 5.56 Å². The van der Waals surface area contributed by atoms with Gasteiger partial charge in [0.2, 0.25) is 15.8 Å². The number of nitrogens with zero attached hydrogens (tertiary/aromatic N) is 1. The highest BCUT2D eigenvalue weighted by Gasteiger charge is 2.30. The Morgan fingerprint density at radius 2 is 2.15 bits per heavy atom. The molecular formula is C10H14BrN3O5S. The zero-order valence-corrected chi connectivity index (χ0v) is 13.2. The number of rotatable bonds is 6. The molecule has 20 heavy (non-hydrogen) atoms. The van der Waals surface area contributed by atoms with Gasteiger partial charge in [-0.1, -0.05) is 15.9 Å². The summed E-state index contributed by atoms with van der Waals surface area (Å²) in [5, 5.41) is 11.1. The molecule has 3 N–H and O–H groups in total. The molecule has 0 aliphatic carbocycles. The highest BCUT2D eigenvalue weighted by atomic mass is 79.9. The molecule has 8 nitrogen and oxygen atoms in total. The summed E-state index contributed by atoms with van der Waals surface area (Å²) in [6.45, 7) is 1.62. The number of hydrogen-bond donors (Lipinski definition) is 2. The van der Waals surface area contributed by atoms with Crippen LogP contribution in [-0.2, 0) is 10.0 Å². The highest BCUT2D eigenvalue weighted by molar-refractivity contribution is 9.10. The second-order valence-electron chi connectivity index (χ2n) is 3.81. The van der Waals surface area contributed by atoms with Crippen LogP contribution >= 0.6 is 15.9 Å². The summed E-state index contributed by atoms with van der Waals surface area (Å²) in [5.41, 5.74) is 5.13. The first-order valence-corrected chi connectivity index (χ1v) is 7.75. The first kappa shape index (κ1) is 16.8. The summed E-state index contributed by atoms with van der Waals surface area (Å²) in [4.78, 5) is 10.1. The number of benzene rings is 1. The molecule has 0 amide bonds. The van der Waals surface area contributed by atoms with Gasteiger partial charge in [-0.15, -0.1) is 0 Å². The van der Waals surface area contributed by atoms with E-state index in [1.54, 1.807) is 0 Å². The average molecular weight is 368 g/mol. The van der Waals surface area contributed by atoms with Crippen molar-refractivity contribution in [1.29, 1.82) is 0 Å². The number of halogens is 1. The quantitative estimate of drug-likeness (QED) is 0.568. The molecule has 10 heteroatoms. The number of sulfonamides is 1. The van der Waals surface area contributed by atoms with Crippen LogP contribution in [0.15, 0.2) is 15.4 Å². The molecule has 0 radical (unpaired) electrons. The van der Waals surface area contributed by atoms with E-state index in [0.717, 1.165) is 0 Å². The lowest BCUT2D eigenvalue weighted by atomic mass is 10.2. The van der Waals surface area contributed by atoms with Gasteiger partial charge in [-0.2, -0.15) is 0 Å². The average Bonchev–Trinajstić information content (AvgIpc) is 2.38. The smallest absolute Gasteiger partial charge is 0.316 e. The van der Waals surface area contributed by atoms with Gasteiger partial charge in [0, 0.05) is 23.1 Å². The largest absolute Gasteiger partial charge is 0.489 e. The van der Waals surface area contributed by atoms with Crippen LogP contribution in [0.25, 0.3) is 0 Å². The van der Waals surface area contributed by atoms with E-state index in [-0.39, 0.29) is 29.3 Å². The third-order valence-electron chi connectivity index (χ3n) is 2.52.